The molecule has 110 valence electrons. The molecule has 0 bridgehead atoms. The minimum absolute atomic E-state index is 0.0237. The van der Waals surface area contributed by atoms with Crippen molar-refractivity contribution in [3.05, 3.63) is 54.1 Å². The van der Waals surface area contributed by atoms with Crippen molar-refractivity contribution in [3.8, 4) is 22.8 Å². The lowest BCUT2D eigenvalue weighted by Crippen LogP contribution is -1.85. The largest absolute Gasteiger partial charge is 0.508 e. The minimum Gasteiger partial charge on any atom is -0.508 e. The molecule has 5 nitrogen and oxygen atoms in total. The zero-order chi connectivity index (χ0) is 15.7. The molecule has 0 amide bonds. The highest BCUT2D eigenvalue weighted by molar-refractivity contribution is 5.94. The molecule has 3 aromatic rings. The molecule has 0 aliphatic heterocycles. The maximum atomic E-state index is 10.6. The second-order valence-corrected chi connectivity index (χ2v) is 4.78. The van der Waals surface area contributed by atoms with Gasteiger partial charge in [0.25, 0.3) is 0 Å². The maximum Gasteiger partial charge on any atom is 0.328 e. The molecule has 0 aliphatic rings. The number of hydrogen-bond donors (Lipinski definition) is 3. The molecule has 0 saturated carbocycles. The average Bonchev–Trinajstić information content (AvgIpc) is 2.89. The number of furan rings is 1. The fourth-order valence-corrected chi connectivity index (χ4v) is 2.22. The number of aliphatic carboxylic acids is 1. The second kappa shape index (κ2) is 5.29. The third-order valence-corrected chi connectivity index (χ3v) is 3.19. The molecule has 3 rings (SSSR count). The summed E-state index contributed by atoms with van der Waals surface area (Å²) in [6.07, 6.45) is 2.35. The summed E-state index contributed by atoms with van der Waals surface area (Å²) in [5, 5.41) is 28.4. The first kappa shape index (κ1) is 13.8. The Balaban J connectivity index is 2.14. The summed E-state index contributed by atoms with van der Waals surface area (Å²) in [5.74, 6) is -0.342. The van der Waals surface area contributed by atoms with Crippen LogP contribution in [0.3, 0.4) is 0 Å². The molecule has 0 fully saturated rings. The van der Waals surface area contributed by atoms with Crippen molar-refractivity contribution < 1.29 is 24.5 Å². The van der Waals surface area contributed by atoms with E-state index in [4.69, 9.17) is 9.52 Å². The van der Waals surface area contributed by atoms with E-state index in [1.54, 1.807) is 36.4 Å². The monoisotopic (exact) mass is 296 g/mol. The lowest BCUT2D eigenvalue weighted by atomic mass is 10.1. The first-order valence-corrected chi connectivity index (χ1v) is 6.50. The summed E-state index contributed by atoms with van der Waals surface area (Å²) in [5.41, 5.74) is 1.72. The van der Waals surface area contributed by atoms with Crippen molar-refractivity contribution in [2.75, 3.05) is 0 Å². The van der Waals surface area contributed by atoms with E-state index in [1.165, 1.54) is 12.1 Å². The van der Waals surface area contributed by atoms with Gasteiger partial charge < -0.3 is 19.7 Å². The normalized spacial score (nSPS) is 11.3. The smallest absolute Gasteiger partial charge is 0.328 e. The molecule has 0 spiro atoms. The van der Waals surface area contributed by atoms with Crippen molar-refractivity contribution in [1.29, 1.82) is 0 Å². The highest BCUT2D eigenvalue weighted by atomic mass is 16.4. The van der Waals surface area contributed by atoms with Crippen molar-refractivity contribution >= 4 is 23.0 Å². The van der Waals surface area contributed by atoms with Gasteiger partial charge in [0.2, 0.25) is 0 Å². The number of benzene rings is 2. The van der Waals surface area contributed by atoms with Gasteiger partial charge in [-0.05, 0) is 48.5 Å². The number of fused-ring (bicyclic) bond motifs is 1. The van der Waals surface area contributed by atoms with Gasteiger partial charge in [0, 0.05) is 22.6 Å². The molecule has 0 aliphatic carbocycles. The summed E-state index contributed by atoms with van der Waals surface area (Å²) in [6.45, 7) is 0. The molecule has 22 heavy (non-hydrogen) atoms. The number of carboxylic acids is 1. The third-order valence-electron chi connectivity index (χ3n) is 3.19. The van der Waals surface area contributed by atoms with Crippen molar-refractivity contribution in [3.63, 3.8) is 0 Å². The van der Waals surface area contributed by atoms with Crippen LogP contribution in [-0.4, -0.2) is 21.3 Å². The summed E-state index contributed by atoms with van der Waals surface area (Å²) in [4.78, 5) is 10.6. The Bertz CT molecular complexity index is 872. The maximum absolute atomic E-state index is 10.6. The fourth-order valence-electron chi connectivity index (χ4n) is 2.22. The Morgan fingerprint density at radius 1 is 1.00 bits per heavy atom. The van der Waals surface area contributed by atoms with E-state index >= 15 is 0 Å². The van der Waals surface area contributed by atoms with Gasteiger partial charge in [-0.3, -0.25) is 0 Å². The van der Waals surface area contributed by atoms with Crippen LogP contribution in [0.15, 0.2) is 53.0 Å². The molecule has 3 N–H and O–H groups in total. The molecule has 0 atom stereocenters. The standard InChI is InChI=1S/C17H12O5/c18-13-4-1-10(2-5-13)15-9-12-8-14(19)7-11(17(12)22-15)3-6-16(20)21/h1-9,18-19H,(H,20,21). The van der Waals surface area contributed by atoms with Gasteiger partial charge in [0.15, 0.2) is 0 Å². The van der Waals surface area contributed by atoms with Crippen LogP contribution in [0.2, 0.25) is 0 Å². The molecule has 1 aromatic heterocycles. The summed E-state index contributed by atoms with van der Waals surface area (Å²) in [6, 6.07) is 11.2. The highest BCUT2D eigenvalue weighted by Gasteiger charge is 2.11. The zero-order valence-electron chi connectivity index (χ0n) is 11.4. The minimum atomic E-state index is -1.08. The van der Waals surface area contributed by atoms with Crippen LogP contribution in [-0.2, 0) is 4.79 Å². The molecule has 1 heterocycles. The number of rotatable bonds is 3. The van der Waals surface area contributed by atoms with Gasteiger partial charge in [-0.1, -0.05) is 0 Å². The topological polar surface area (TPSA) is 90.9 Å². The number of aromatic hydroxyl groups is 2. The molecular formula is C17H12O5. The summed E-state index contributed by atoms with van der Waals surface area (Å²) in [7, 11) is 0. The molecule has 0 unspecified atom stereocenters. The van der Waals surface area contributed by atoms with Crippen LogP contribution in [0.5, 0.6) is 11.5 Å². The molecule has 2 aromatic carbocycles. The average molecular weight is 296 g/mol. The Kier molecular flexibility index (Phi) is 3.31. The third kappa shape index (κ3) is 2.64. The van der Waals surface area contributed by atoms with E-state index in [-0.39, 0.29) is 11.5 Å². The lowest BCUT2D eigenvalue weighted by molar-refractivity contribution is -0.131. The van der Waals surface area contributed by atoms with Crippen LogP contribution in [0.4, 0.5) is 0 Å². The predicted octanol–water partition coefficient (Wildman–Crippen LogP) is 3.61. The number of phenolic OH excluding ortho intramolecular Hbond substituents is 2. The summed E-state index contributed by atoms with van der Waals surface area (Å²) >= 11 is 0. The van der Waals surface area contributed by atoms with Gasteiger partial charge in [-0.15, -0.1) is 0 Å². The van der Waals surface area contributed by atoms with Crippen LogP contribution < -0.4 is 0 Å². The van der Waals surface area contributed by atoms with Gasteiger partial charge in [-0.2, -0.15) is 0 Å². The SMILES string of the molecule is O=C(O)C=Cc1cc(O)cc2cc(-c3ccc(O)cc3)oc12. The van der Waals surface area contributed by atoms with Gasteiger partial charge in [0.05, 0.1) is 0 Å². The van der Waals surface area contributed by atoms with E-state index in [1.807, 2.05) is 0 Å². The van der Waals surface area contributed by atoms with E-state index in [9.17, 15) is 15.0 Å². The molecule has 0 radical (unpaired) electrons. The van der Waals surface area contributed by atoms with Crippen LogP contribution >= 0.6 is 0 Å². The fraction of sp³-hybridized carbons (Fsp3) is 0. The lowest BCUT2D eigenvalue weighted by Gasteiger charge is -1.98. The number of carbonyl (C=O) groups is 1. The van der Waals surface area contributed by atoms with Crippen molar-refractivity contribution in [1.82, 2.24) is 0 Å². The Morgan fingerprint density at radius 2 is 1.73 bits per heavy atom. The van der Waals surface area contributed by atoms with E-state index in [0.29, 0.717) is 22.3 Å². The highest BCUT2D eigenvalue weighted by Crippen LogP contribution is 2.33. The number of phenols is 2. The second-order valence-electron chi connectivity index (χ2n) is 4.78. The van der Waals surface area contributed by atoms with Crippen molar-refractivity contribution in [2.24, 2.45) is 0 Å². The van der Waals surface area contributed by atoms with Crippen LogP contribution in [0, 0.1) is 0 Å². The van der Waals surface area contributed by atoms with Gasteiger partial charge in [-0.25, -0.2) is 4.79 Å². The Morgan fingerprint density at radius 3 is 2.41 bits per heavy atom. The number of carboxylic acid groups (broad SMARTS) is 1. The zero-order valence-corrected chi connectivity index (χ0v) is 11.4. The first-order chi connectivity index (χ1) is 10.5. The van der Waals surface area contributed by atoms with Gasteiger partial charge >= 0.3 is 5.97 Å². The molecule has 0 saturated heterocycles. The molecule has 5 heteroatoms. The van der Waals surface area contributed by atoms with E-state index < -0.39 is 5.97 Å². The predicted molar refractivity (Wildman–Crippen MR) is 81.6 cm³/mol. The van der Waals surface area contributed by atoms with E-state index in [2.05, 4.69) is 0 Å². The van der Waals surface area contributed by atoms with Crippen LogP contribution in [0.25, 0.3) is 28.4 Å². The quantitative estimate of drug-likeness (QED) is 0.642. The van der Waals surface area contributed by atoms with E-state index in [0.717, 1.165) is 11.6 Å². The first-order valence-electron chi connectivity index (χ1n) is 6.50. The van der Waals surface area contributed by atoms with Crippen molar-refractivity contribution in [2.45, 2.75) is 0 Å². The molecular weight excluding hydrogens is 284 g/mol. The van der Waals surface area contributed by atoms with Gasteiger partial charge in [0.1, 0.15) is 22.8 Å². The van der Waals surface area contributed by atoms with Crippen LogP contribution in [0.1, 0.15) is 5.56 Å². The number of hydrogen-bond acceptors (Lipinski definition) is 4. The Hall–Kier alpha value is -3.21. The Labute approximate surface area is 125 Å². The summed E-state index contributed by atoms with van der Waals surface area (Å²) < 4.78 is 5.78.